The number of guanidine groups is 1. The molecule has 9 heteroatoms. The van der Waals surface area contributed by atoms with Crippen LogP contribution in [0.1, 0.15) is 18.5 Å². The summed E-state index contributed by atoms with van der Waals surface area (Å²) in [4.78, 5) is 35.0. The lowest BCUT2D eigenvalue weighted by Gasteiger charge is -2.39. The van der Waals surface area contributed by atoms with Crippen molar-refractivity contribution in [3.8, 4) is 11.5 Å². The predicted octanol–water partition coefficient (Wildman–Crippen LogP) is 2.23. The number of rotatable bonds is 6. The molecule has 1 N–H and O–H groups in total. The van der Waals surface area contributed by atoms with E-state index in [1.807, 2.05) is 41.3 Å². The van der Waals surface area contributed by atoms with Crippen LogP contribution in [0.15, 0.2) is 53.5 Å². The second-order valence-corrected chi connectivity index (χ2v) is 8.03. The molecule has 9 nitrogen and oxygen atoms in total. The number of hydrogen-bond acceptors (Lipinski definition) is 8. The smallest absolute Gasteiger partial charge is 0.321 e. The Morgan fingerprint density at radius 1 is 1.03 bits per heavy atom. The number of piperazine rings is 1. The first kappa shape index (κ1) is 23.4. The van der Waals surface area contributed by atoms with Crippen molar-refractivity contribution in [1.29, 1.82) is 0 Å². The highest BCUT2D eigenvalue weighted by molar-refractivity contribution is 6.08. The Morgan fingerprint density at radius 3 is 2.47 bits per heavy atom. The third-order valence-electron chi connectivity index (χ3n) is 6.09. The molecule has 0 saturated carbocycles. The number of hydrogen-bond donors (Lipinski definition) is 1. The molecule has 1 saturated heterocycles. The number of aliphatic imine (C=N–C) groups is 1. The summed E-state index contributed by atoms with van der Waals surface area (Å²) >= 11 is 0. The molecule has 0 aliphatic carbocycles. The summed E-state index contributed by atoms with van der Waals surface area (Å²) in [5, 5.41) is 2.84. The van der Waals surface area contributed by atoms with Crippen molar-refractivity contribution in [1.82, 2.24) is 10.2 Å². The lowest BCUT2D eigenvalue weighted by molar-refractivity contribution is -0.153. The van der Waals surface area contributed by atoms with Crippen molar-refractivity contribution >= 4 is 23.5 Å². The topological polar surface area (TPSA) is 92.7 Å². The first-order valence-corrected chi connectivity index (χ1v) is 11.4. The van der Waals surface area contributed by atoms with Gasteiger partial charge in [0.15, 0.2) is 5.92 Å². The van der Waals surface area contributed by atoms with Crippen LogP contribution in [-0.2, 0) is 14.3 Å². The number of carbonyl (C=O) groups is 2. The minimum Gasteiger partial charge on any atom is -0.497 e. The predicted molar refractivity (Wildman–Crippen MR) is 128 cm³/mol. The Labute approximate surface area is 199 Å². The number of nitrogens with zero attached hydrogens (tertiary/aromatic N) is 3. The Hall–Kier alpha value is -3.75. The van der Waals surface area contributed by atoms with Gasteiger partial charge in [-0.2, -0.15) is 0 Å². The van der Waals surface area contributed by atoms with Crippen molar-refractivity contribution in [2.24, 2.45) is 10.9 Å². The number of nitrogens with one attached hydrogen (secondary N) is 1. The lowest BCUT2D eigenvalue weighted by Crippen LogP contribution is -2.57. The zero-order valence-corrected chi connectivity index (χ0v) is 19.7. The summed E-state index contributed by atoms with van der Waals surface area (Å²) in [6, 6.07) is 14.5. The summed E-state index contributed by atoms with van der Waals surface area (Å²) in [5.74, 6) is -0.253. The molecule has 0 radical (unpaired) electrons. The maximum Gasteiger partial charge on any atom is 0.321 e. The third kappa shape index (κ3) is 4.78. The fourth-order valence-electron chi connectivity index (χ4n) is 4.34. The van der Waals surface area contributed by atoms with Crippen LogP contribution in [0.4, 0.5) is 5.69 Å². The fourth-order valence-corrected chi connectivity index (χ4v) is 4.34. The maximum absolute atomic E-state index is 13.1. The molecule has 34 heavy (non-hydrogen) atoms. The van der Waals surface area contributed by atoms with Crippen LogP contribution in [0.2, 0.25) is 0 Å². The molecule has 1 fully saturated rings. The van der Waals surface area contributed by atoms with Crippen LogP contribution in [0.3, 0.4) is 0 Å². The van der Waals surface area contributed by atoms with Gasteiger partial charge in [-0.05, 0) is 25.1 Å². The van der Waals surface area contributed by atoms with Gasteiger partial charge in [-0.1, -0.05) is 24.3 Å². The number of ether oxygens (including phenoxy) is 3. The number of para-hydroxylation sites is 1. The van der Waals surface area contributed by atoms with Gasteiger partial charge in [0.1, 0.15) is 17.5 Å². The van der Waals surface area contributed by atoms with Gasteiger partial charge in [-0.25, -0.2) is 4.99 Å². The first-order valence-electron chi connectivity index (χ1n) is 11.4. The molecule has 2 aromatic carbocycles. The van der Waals surface area contributed by atoms with Gasteiger partial charge in [0, 0.05) is 43.5 Å². The van der Waals surface area contributed by atoms with Gasteiger partial charge < -0.3 is 24.0 Å². The van der Waals surface area contributed by atoms with E-state index in [4.69, 9.17) is 19.2 Å². The van der Waals surface area contributed by atoms with Crippen LogP contribution >= 0.6 is 0 Å². The molecule has 180 valence electrons. The number of benzene rings is 2. The summed E-state index contributed by atoms with van der Waals surface area (Å²) < 4.78 is 16.0. The Bertz CT molecular complexity index is 1060. The Kier molecular flexibility index (Phi) is 7.20. The second-order valence-electron chi connectivity index (χ2n) is 8.03. The SMILES string of the molecule is CCOC(=O)C1C(=O)NC(N2CCN(c3cccc(OC)c3)CC2)=NC1c1ccccc1OC. The van der Waals surface area contributed by atoms with E-state index in [0.717, 1.165) is 24.5 Å². The molecule has 0 spiro atoms. The van der Waals surface area contributed by atoms with E-state index < -0.39 is 23.8 Å². The number of esters is 1. The highest BCUT2D eigenvalue weighted by atomic mass is 16.5. The Balaban J connectivity index is 1.58. The molecule has 2 unspecified atom stereocenters. The number of carbonyl (C=O) groups excluding carboxylic acids is 2. The molecule has 2 aliphatic heterocycles. The molecule has 2 aromatic rings. The Morgan fingerprint density at radius 2 is 1.76 bits per heavy atom. The average Bonchev–Trinajstić information content (AvgIpc) is 2.88. The van der Waals surface area contributed by atoms with Gasteiger partial charge in [0.05, 0.1) is 20.8 Å². The number of anilines is 1. The van der Waals surface area contributed by atoms with Gasteiger partial charge in [0.2, 0.25) is 11.9 Å². The van der Waals surface area contributed by atoms with E-state index >= 15 is 0 Å². The van der Waals surface area contributed by atoms with E-state index in [0.29, 0.717) is 30.4 Å². The molecule has 2 heterocycles. The quantitative estimate of drug-likeness (QED) is 0.516. The zero-order chi connectivity index (χ0) is 24.1. The van der Waals surface area contributed by atoms with E-state index in [9.17, 15) is 9.59 Å². The van der Waals surface area contributed by atoms with Gasteiger partial charge in [0.25, 0.3) is 0 Å². The zero-order valence-electron chi connectivity index (χ0n) is 19.7. The van der Waals surface area contributed by atoms with Crippen LogP contribution in [-0.4, -0.2) is 69.7 Å². The molecular formula is C25H30N4O5. The standard InChI is InChI=1S/C25H30N4O5/c1-4-34-24(31)21-22(19-10-5-6-11-20(19)33-3)26-25(27-23(21)30)29-14-12-28(13-15-29)17-8-7-9-18(16-17)32-2/h5-11,16,21-22H,4,12-15H2,1-3H3,(H,26,27,30). The molecule has 1 amide bonds. The largest absolute Gasteiger partial charge is 0.497 e. The molecule has 2 aliphatic rings. The van der Waals surface area contributed by atoms with Crippen molar-refractivity contribution in [2.45, 2.75) is 13.0 Å². The molecule has 0 aromatic heterocycles. The minimum atomic E-state index is -1.09. The van der Waals surface area contributed by atoms with Gasteiger partial charge >= 0.3 is 5.97 Å². The van der Waals surface area contributed by atoms with Gasteiger partial charge in [-0.3, -0.25) is 14.9 Å². The molecule has 0 bridgehead atoms. The van der Waals surface area contributed by atoms with Crippen molar-refractivity contribution in [2.75, 3.05) is 51.9 Å². The third-order valence-corrected chi connectivity index (χ3v) is 6.09. The van der Waals surface area contributed by atoms with E-state index in [-0.39, 0.29) is 6.61 Å². The maximum atomic E-state index is 13.1. The van der Waals surface area contributed by atoms with Crippen LogP contribution < -0.4 is 19.7 Å². The monoisotopic (exact) mass is 466 g/mol. The van der Waals surface area contributed by atoms with E-state index in [2.05, 4.69) is 16.3 Å². The summed E-state index contributed by atoms with van der Waals surface area (Å²) in [6.45, 7) is 4.74. The molecular weight excluding hydrogens is 436 g/mol. The average molecular weight is 467 g/mol. The van der Waals surface area contributed by atoms with Crippen molar-refractivity contribution < 1.29 is 23.8 Å². The lowest BCUT2D eigenvalue weighted by atomic mass is 9.90. The molecule has 4 rings (SSSR count). The number of amides is 1. The number of methoxy groups -OCH3 is 2. The van der Waals surface area contributed by atoms with E-state index in [1.54, 1.807) is 27.2 Å². The van der Waals surface area contributed by atoms with E-state index in [1.165, 1.54) is 0 Å². The van der Waals surface area contributed by atoms with Crippen LogP contribution in [0, 0.1) is 5.92 Å². The summed E-state index contributed by atoms with van der Waals surface area (Å²) in [7, 11) is 3.21. The highest BCUT2D eigenvalue weighted by Crippen LogP contribution is 2.36. The minimum absolute atomic E-state index is 0.185. The molecule has 2 atom stereocenters. The normalized spacial score (nSPS) is 20.3. The fraction of sp³-hybridized carbons (Fsp3) is 0.400. The summed E-state index contributed by atoms with van der Waals surface area (Å²) in [5.41, 5.74) is 1.76. The van der Waals surface area contributed by atoms with Crippen LogP contribution in [0.5, 0.6) is 11.5 Å². The second kappa shape index (κ2) is 10.5. The van der Waals surface area contributed by atoms with Gasteiger partial charge in [-0.15, -0.1) is 0 Å². The van der Waals surface area contributed by atoms with Crippen LogP contribution in [0.25, 0.3) is 0 Å². The summed E-state index contributed by atoms with van der Waals surface area (Å²) in [6.07, 6.45) is 0. The highest BCUT2D eigenvalue weighted by Gasteiger charge is 2.43. The first-order chi connectivity index (χ1) is 16.5. The van der Waals surface area contributed by atoms with Crippen molar-refractivity contribution in [3.05, 3.63) is 54.1 Å². The van der Waals surface area contributed by atoms with Crippen molar-refractivity contribution in [3.63, 3.8) is 0 Å².